The Bertz CT molecular complexity index is 668. The highest BCUT2D eigenvalue weighted by molar-refractivity contribution is 5.91. The maximum atomic E-state index is 11.8. The Hall–Kier alpha value is -2.82. The van der Waals surface area contributed by atoms with Crippen molar-refractivity contribution in [2.45, 2.75) is 26.4 Å². The highest BCUT2D eigenvalue weighted by Crippen LogP contribution is 2.18. The summed E-state index contributed by atoms with van der Waals surface area (Å²) >= 11 is 0. The molecule has 2 rings (SSSR count). The summed E-state index contributed by atoms with van der Waals surface area (Å²) in [6.07, 6.45) is 0.0138. The molecule has 0 fully saturated rings. The van der Waals surface area contributed by atoms with E-state index in [-0.39, 0.29) is 24.7 Å². The molecule has 1 N–H and O–H groups in total. The van der Waals surface area contributed by atoms with Crippen molar-refractivity contribution in [3.63, 3.8) is 0 Å². The van der Waals surface area contributed by atoms with Gasteiger partial charge in [-0.2, -0.15) is 0 Å². The molecule has 24 heavy (non-hydrogen) atoms. The Morgan fingerprint density at radius 1 is 1.04 bits per heavy atom. The zero-order valence-corrected chi connectivity index (χ0v) is 13.5. The van der Waals surface area contributed by atoms with Gasteiger partial charge in [0.1, 0.15) is 12.4 Å². The van der Waals surface area contributed by atoms with E-state index in [4.69, 9.17) is 4.74 Å². The third kappa shape index (κ3) is 6.12. The van der Waals surface area contributed by atoms with E-state index < -0.39 is 5.97 Å². The monoisotopic (exact) mass is 326 g/mol. The number of carbonyl (C=O) groups is 2. The molecule has 0 heterocycles. The first-order chi connectivity index (χ1) is 11.5. The van der Waals surface area contributed by atoms with E-state index in [1.165, 1.54) is 0 Å². The van der Waals surface area contributed by atoms with Crippen molar-refractivity contribution >= 4 is 17.6 Å². The summed E-state index contributed by atoms with van der Waals surface area (Å²) in [5.74, 6) is -0.914. The lowest BCUT2D eigenvalue weighted by molar-refractivity contribution is -0.306. The van der Waals surface area contributed by atoms with Crippen molar-refractivity contribution in [1.29, 1.82) is 0 Å². The van der Waals surface area contributed by atoms with E-state index in [2.05, 4.69) is 5.32 Å². The zero-order valence-electron chi connectivity index (χ0n) is 13.5. The Balaban J connectivity index is 1.81. The zero-order chi connectivity index (χ0) is 17.4. The number of hydrogen-bond donors (Lipinski definition) is 1. The molecule has 0 spiro atoms. The van der Waals surface area contributed by atoms with Crippen LogP contribution < -0.4 is 15.2 Å². The molecular weight excluding hydrogens is 306 g/mol. The van der Waals surface area contributed by atoms with Gasteiger partial charge in [-0.15, -0.1) is 0 Å². The van der Waals surface area contributed by atoms with Crippen LogP contribution in [0.25, 0.3) is 0 Å². The minimum atomic E-state index is -1.14. The number of hydrogen-bond acceptors (Lipinski definition) is 4. The first-order valence-electron chi connectivity index (χ1n) is 7.79. The van der Waals surface area contributed by atoms with Gasteiger partial charge in [-0.1, -0.05) is 37.3 Å². The van der Waals surface area contributed by atoms with E-state index in [1.54, 1.807) is 31.2 Å². The van der Waals surface area contributed by atoms with Gasteiger partial charge in [0.05, 0.1) is 0 Å². The molecule has 2 aromatic rings. The molecule has 5 heteroatoms. The normalized spacial score (nSPS) is 11.5. The number of ether oxygens (including phenoxy) is 1. The molecule has 2 aromatic carbocycles. The van der Waals surface area contributed by atoms with Crippen molar-refractivity contribution in [3.05, 3.63) is 60.2 Å². The molecule has 0 aromatic heterocycles. The summed E-state index contributed by atoms with van der Waals surface area (Å²) in [4.78, 5) is 22.3. The third-order valence-electron chi connectivity index (χ3n) is 3.44. The first kappa shape index (κ1) is 17.5. The quantitative estimate of drug-likeness (QED) is 0.808. The summed E-state index contributed by atoms with van der Waals surface area (Å²) in [6, 6.07) is 16.9. The molecule has 0 unspecified atom stereocenters. The number of benzene rings is 2. The van der Waals surface area contributed by atoms with Crippen molar-refractivity contribution in [2.24, 2.45) is 5.92 Å². The molecular formula is C19H20NO4-. The second-order valence-corrected chi connectivity index (χ2v) is 5.73. The van der Waals surface area contributed by atoms with Gasteiger partial charge in [-0.25, -0.2) is 0 Å². The fourth-order valence-corrected chi connectivity index (χ4v) is 2.26. The highest BCUT2D eigenvalue weighted by Gasteiger charge is 2.09. The fourth-order valence-electron chi connectivity index (χ4n) is 2.26. The van der Waals surface area contributed by atoms with Crippen LogP contribution in [0.2, 0.25) is 0 Å². The lowest BCUT2D eigenvalue weighted by atomic mass is 10.0. The SMILES string of the molecule is C[C@@H](CC(=O)[O-])CC(=O)Nc1ccc(OCc2ccccc2)cc1. The molecule has 5 nitrogen and oxygen atoms in total. The summed E-state index contributed by atoms with van der Waals surface area (Å²) in [6.45, 7) is 2.18. The van der Waals surface area contributed by atoms with Crippen LogP contribution in [0.15, 0.2) is 54.6 Å². The van der Waals surface area contributed by atoms with Crippen LogP contribution in [-0.2, 0) is 16.2 Å². The minimum absolute atomic E-state index is 0.125. The van der Waals surface area contributed by atoms with Gasteiger partial charge in [0.25, 0.3) is 0 Å². The number of nitrogens with one attached hydrogen (secondary N) is 1. The number of anilines is 1. The lowest BCUT2D eigenvalue weighted by Crippen LogP contribution is -2.26. The van der Waals surface area contributed by atoms with E-state index in [1.807, 2.05) is 30.3 Å². The van der Waals surface area contributed by atoms with Crippen molar-refractivity contribution in [1.82, 2.24) is 0 Å². The lowest BCUT2D eigenvalue weighted by Gasteiger charge is -2.12. The maximum absolute atomic E-state index is 11.8. The van der Waals surface area contributed by atoms with Gasteiger partial charge in [-0.05, 0) is 42.2 Å². The van der Waals surface area contributed by atoms with E-state index in [9.17, 15) is 14.7 Å². The number of carbonyl (C=O) groups excluding carboxylic acids is 2. The van der Waals surface area contributed by atoms with Gasteiger partial charge >= 0.3 is 0 Å². The van der Waals surface area contributed by atoms with Crippen LogP contribution in [-0.4, -0.2) is 11.9 Å². The second kappa shape index (κ2) is 8.72. The second-order valence-electron chi connectivity index (χ2n) is 5.73. The molecule has 1 atom stereocenters. The van der Waals surface area contributed by atoms with Crippen molar-refractivity contribution in [2.75, 3.05) is 5.32 Å². The number of aliphatic carboxylic acids is 1. The number of carboxylic acids is 1. The summed E-state index contributed by atoms with van der Waals surface area (Å²) in [7, 11) is 0. The van der Waals surface area contributed by atoms with E-state index in [0.717, 1.165) is 5.56 Å². The highest BCUT2D eigenvalue weighted by atomic mass is 16.5. The third-order valence-corrected chi connectivity index (χ3v) is 3.44. The number of carboxylic acid groups (broad SMARTS) is 1. The smallest absolute Gasteiger partial charge is 0.224 e. The van der Waals surface area contributed by atoms with Gasteiger partial charge < -0.3 is 20.0 Å². The van der Waals surface area contributed by atoms with E-state index >= 15 is 0 Å². The molecule has 0 saturated heterocycles. The Labute approximate surface area is 141 Å². The Morgan fingerprint density at radius 3 is 2.33 bits per heavy atom. The van der Waals surface area contributed by atoms with Crippen molar-refractivity contribution < 1.29 is 19.4 Å². The number of rotatable bonds is 8. The summed E-state index contributed by atoms with van der Waals surface area (Å²) < 4.78 is 5.68. The van der Waals surface area contributed by atoms with Gasteiger partial charge in [0.2, 0.25) is 5.91 Å². The van der Waals surface area contributed by atoms with Crippen LogP contribution in [0.1, 0.15) is 25.3 Å². The van der Waals surface area contributed by atoms with Crippen LogP contribution in [0, 0.1) is 5.92 Å². The van der Waals surface area contributed by atoms with Gasteiger partial charge in [0, 0.05) is 18.1 Å². The molecule has 0 bridgehead atoms. The molecule has 1 amide bonds. The van der Waals surface area contributed by atoms with Crippen LogP contribution in [0.5, 0.6) is 5.75 Å². The predicted octanol–water partition coefficient (Wildman–Crippen LogP) is 2.37. The maximum Gasteiger partial charge on any atom is 0.224 e. The Morgan fingerprint density at radius 2 is 1.71 bits per heavy atom. The van der Waals surface area contributed by atoms with E-state index in [0.29, 0.717) is 18.0 Å². The standard InChI is InChI=1S/C19H21NO4/c1-14(12-19(22)23)11-18(21)20-16-7-9-17(10-8-16)24-13-15-5-3-2-4-6-15/h2-10,14H,11-13H2,1H3,(H,20,21)(H,22,23)/p-1/t14-/m1/s1. The van der Waals surface area contributed by atoms with Crippen molar-refractivity contribution in [3.8, 4) is 5.75 Å². The fraction of sp³-hybridized carbons (Fsp3) is 0.263. The molecule has 126 valence electrons. The Kier molecular flexibility index (Phi) is 6.37. The van der Waals surface area contributed by atoms with Crippen LogP contribution >= 0.6 is 0 Å². The summed E-state index contributed by atoms with van der Waals surface area (Å²) in [5, 5.41) is 13.2. The van der Waals surface area contributed by atoms with Gasteiger partial charge in [-0.3, -0.25) is 4.79 Å². The molecule has 0 aliphatic carbocycles. The number of amides is 1. The molecule has 0 saturated carbocycles. The average Bonchev–Trinajstić information content (AvgIpc) is 2.54. The molecule has 0 aliphatic heterocycles. The summed E-state index contributed by atoms with van der Waals surface area (Å²) in [5.41, 5.74) is 1.73. The largest absolute Gasteiger partial charge is 0.550 e. The topological polar surface area (TPSA) is 78.5 Å². The van der Waals surface area contributed by atoms with Gasteiger partial charge in [0.15, 0.2) is 0 Å². The average molecular weight is 326 g/mol. The van der Waals surface area contributed by atoms with Crippen LogP contribution in [0.4, 0.5) is 5.69 Å². The predicted molar refractivity (Wildman–Crippen MR) is 89.3 cm³/mol. The minimum Gasteiger partial charge on any atom is -0.550 e. The molecule has 0 radical (unpaired) electrons. The van der Waals surface area contributed by atoms with Crippen LogP contribution in [0.3, 0.4) is 0 Å². The molecule has 0 aliphatic rings. The first-order valence-corrected chi connectivity index (χ1v) is 7.79.